The summed E-state index contributed by atoms with van der Waals surface area (Å²) in [4.78, 5) is 18.0. The second-order valence-corrected chi connectivity index (χ2v) is 6.15. The number of aryl methyl sites for hydroxylation is 1. The molecule has 2 aliphatic rings. The molecule has 110 valence electrons. The molecule has 1 aromatic rings. The van der Waals surface area contributed by atoms with Gasteiger partial charge >= 0.3 is 5.97 Å². The van der Waals surface area contributed by atoms with Crippen LogP contribution in [0.1, 0.15) is 38.3 Å². The third-order valence-electron chi connectivity index (χ3n) is 4.87. The number of aromatic nitrogens is 2. The van der Waals surface area contributed by atoms with Crippen LogP contribution in [0.15, 0.2) is 12.5 Å². The number of hydrogen-bond donors (Lipinski definition) is 1. The lowest BCUT2D eigenvalue weighted by atomic mass is 9.94. The zero-order chi connectivity index (χ0) is 14.1. The molecule has 1 aliphatic carbocycles. The van der Waals surface area contributed by atoms with E-state index in [0.29, 0.717) is 18.4 Å². The van der Waals surface area contributed by atoms with Crippen molar-refractivity contribution < 1.29 is 9.90 Å². The van der Waals surface area contributed by atoms with Crippen LogP contribution < -0.4 is 0 Å². The minimum absolute atomic E-state index is 0.299. The lowest BCUT2D eigenvalue weighted by Gasteiger charge is -2.24. The SMILES string of the molecule is CCCn1cncc1CN1CC2CCCC2C1C(=O)O. The minimum Gasteiger partial charge on any atom is -0.480 e. The van der Waals surface area contributed by atoms with Crippen LogP contribution in [-0.4, -0.2) is 38.1 Å². The van der Waals surface area contributed by atoms with Crippen LogP contribution in [0.4, 0.5) is 0 Å². The summed E-state index contributed by atoms with van der Waals surface area (Å²) in [5.41, 5.74) is 1.14. The van der Waals surface area contributed by atoms with Crippen LogP contribution in [0.5, 0.6) is 0 Å². The number of carbonyl (C=O) groups is 1. The monoisotopic (exact) mass is 277 g/mol. The maximum atomic E-state index is 11.6. The molecule has 3 unspecified atom stereocenters. The van der Waals surface area contributed by atoms with E-state index >= 15 is 0 Å². The second-order valence-electron chi connectivity index (χ2n) is 6.15. The largest absolute Gasteiger partial charge is 0.480 e. The molecule has 0 radical (unpaired) electrons. The van der Waals surface area contributed by atoms with Crippen molar-refractivity contribution in [2.75, 3.05) is 6.54 Å². The fourth-order valence-electron chi connectivity index (χ4n) is 4.03. The van der Waals surface area contributed by atoms with Gasteiger partial charge in [-0.05, 0) is 31.1 Å². The molecule has 0 bridgehead atoms. The van der Waals surface area contributed by atoms with Gasteiger partial charge in [0.2, 0.25) is 0 Å². The Hall–Kier alpha value is -1.36. The summed E-state index contributed by atoms with van der Waals surface area (Å²) in [7, 11) is 0. The molecule has 5 nitrogen and oxygen atoms in total. The second kappa shape index (κ2) is 5.56. The summed E-state index contributed by atoms with van der Waals surface area (Å²) < 4.78 is 2.15. The Morgan fingerprint density at radius 1 is 1.50 bits per heavy atom. The number of rotatable bonds is 5. The molecule has 0 amide bonds. The van der Waals surface area contributed by atoms with Gasteiger partial charge in [0.1, 0.15) is 6.04 Å². The Morgan fingerprint density at radius 2 is 2.35 bits per heavy atom. The van der Waals surface area contributed by atoms with Crippen molar-refractivity contribution >= 4 is 5.97 Å². The molecular weight excluding hydrogens is 254 g/mol. The summed E-state index contributed by atoms with van der Waals surface area (Å²) in [5, 5.41) is 9.57. The average Bonchev–Trinajstić information content (AvgIpc) is 3.06. The Morgan fingerprint density at radius 3 is 3.10 bits per heavy atom. The van der Waals surface area contributed by atoms with E-state index in [1.807, 2.05) is 12.5 Å². The first-order chi connectivity index (χ1) is 9.70. The van der Waals surface area contributed by atoms with Gasteiger partial charge in [0, 0.05) is 25.8 Å². The highest BCUT2D eigenvalue weighted by molar-refractivity contribution is 5.74. The van der Waals surface area contributed by atoms with E-state index < -0.39 is 5.97 Å². The summed E-state index contributed by atoms with van der Waals surface area (Å²) in [6.07, 6.45) is 8.26. The van der Waals surface area contributed by atoms with Crippen LogP contribution in [0.2, 0.25) is 0 Å². The first kappa shape index (κ1) is 13.6. The van der Waals surface area contributed by atoms with Crippen LogP contribution in [0.25, 0.3) is 0 Å². The molecule has 3 rings (SSSR count). The summed E-state index contributed by atoms with van der Waals surface area (Å²) in [6, 6.07) is -0.299. The molecule has 1 saturated carbocycles. The molecule has 1 N–H and O–H groups in total. The predicted molar refractivity (Wildman–Crippen MR) is 75.2 cm³/mol. The number of fused-ring (bicyclic) bond motifs is 1. The van der Waals surface area contributed by atoms with Gasteiger partial charge < -0.3 is 9.67 Å². The van der Waals surface area contributed by atoms with Crippen molar-refractivity contribution in [1.29, 1.82) is 0 Å². The molecule has 2 fully saturated rings. The van der Waals surface area contributed by atoms with Gasteiger partial charge in [-0.1, -0.05) is 13.3 Å². The molecular formula is C15H23N3O2. The van der Waals surface area contributed by atoms with E-state index in [9.17, 15) is 9.90 Å². The van der Waals surface area contributed by atoms with Crippen molar-refractivity contribution in [3.8, 4) is 0 Å². The molecule has 1 aromatic heterocycles. The topological polar surface area (TPSA) is 58.4 Å². The Labute approximate surface area is 119 Å². The zero-order valence-electron chi connectivity index (χ0n) is 12.0. The van der Waals surface area contributed by atoms with E-state index in [0.717, 1.165) is 31.6 Å². The average molecular weight is 277 g/mol. The number of hydrogen-bond acceptors (Lipinski definition) is 3. The van der Waals surface area contributed by atoms with Crippen molar-refractivity contribution in [3.63, 3.8) is 0 Å². The van der Waals surface area contributed by atoms with Crippen molar-refractivity contribution in [1.82, 2.24) is 14.5 Å². The van der Waals surface area contributed by atoms with E-state index in [2.05, 4.69) is 21.4 Å². The molecule has 3 atom stereocenters. The maximum Gasteiger partial charge on any atom is 0.321 e. The Balaban J connectivity index is 1.76. The van der Waals surface area contributed by atoms with Gasteiger partial charge in [-0.15, -0.1) is 0 Å². The van der Waals surface area contributed by atoms with Gasteiger partial charge in [-0.2, -0.15) is 0 Å². The normalized spacial score (nSPS) is 29.8. The Kier molecular flexibility index (Phi) is 3.78. The van der Waals surface area contributed by atoms with Crippen LogP contribution >= 0.6 is 0 Å². The molecule has 1 aliphatic heterocycles. The number of nitrogens with zero attached hydrogens (tertiary/aromatic N) is 3. The molecule has 1 saturated heterocycles. The number of carboxylic acids is 1. The van der Waals surface area contributed by atoms with Gasteiger partial charge in [0.25, 0.3) is 0 Å². The highest BCUT2D eigenvalue weighted by atomic mass is 16.4. The molecule has 0 aromatic carbocycles. The molecule has 20 heavy (non-hydrogen) atoms. The predicted octanol–water partition coefficient (Wildman–Crippen LogP) is 1.98. The highest BCUT2D eigenvalue weighted by Gasteiger charge is 2.47. The van der Waals surface area contributed by atoms with Gasteiger partial charge in [0.05, 0.1) is 12.0 Å². The molecule has 0 spiro atoms. The van der Waals surface area contributed by atoms with Crippen molar-refractivity contribution in [2.24, 2.45) is 11.8 Å². The van der Waals surface area contributed by atoms with E-state index in [-0.39, 0.29) is 6.04 Å². The van der Waals surface area contributed by atoms with Crippen molar-refractivity contribution in [3.05, 3.63) is 18.2 Å². The quantitative estimate of drug-likeness (QED) is 0.894. The summed E-state index contributed by atoms with van der Waals surface area (Å²) in [5.74, 6) is 0.287. The van der Waals surface area contributed by atoms with Crippen LogP contribution in [0.3, 0.4) is 0 Å². The number of imidazole rings is 1. The first-order valence-corrected chi connectivity index (χ1v) is 7.66. The van der Waals surface area contributed by atoms with Crippen LogP contribution in [0, 0.1) is 11.8 Å². The standard InChI is InChI=1S/C15H23N3O2/c1-2-6-17-10-16-7-12(17)9-18-8-11-4-3-5-13(11)14(18)15(19)20/h7,10-11,13-14H,2-6,8-9H2,1H3,(H,19,20). The van der Waals surface area contributed by atoms with E-state index in [1.54, 1.807) is 0 Å². The fraction of sp³-hybridized carbons (Fsp3) is 0.733. The van der Waals surface area contributed by atoms with Gasteiger partial charge in [-0.3, -0.25) is 9.69 Å². The highest BCUT2D eigenvalue weighted by Crippen LogP contribution is 2.42. The van der Waals surface area contributed by atoms with Gasteiger partial charge in [0.15, 0.2) is 0 Å². The lowest BCUT2D eigenvalue weighted by molar-refractivity contribution is -0.143. The van der Waals surface area contributed by atoms with Crippen molar-refractivity contribution in [2.45, 2.75) is 51.7 Å². The molecule has 2 heterocycles. The third-order valence-corrected chi connectivity index (χ3v) is 4.87. The Bertz CT molecular complexity index is 485. The van der Waals surface area contributed by atoms with Gasteiger partial charge in [-0.25, -0.2) is 4.98 Å². The first-order valence-electron chi connectivity index (χ1n) is 7.66. The fourth-order valence-corrected chi connectivity index (χ4v) is 4.03. The maximum absolute atomic E-state index is 11.6. The van der Waals surface area contributed by atoms with E-state index in [4.69, 9.17) is 0 Å². The molecule has 5 heteroatoms. The minimum atomic E-state index is -0.652. The smallest absolute Gasteiger partial charge is 0.321 e. The number of likely N-dealkylation sites (tertiary alicyclic amines) is 1. The third kappa shape index (κ3) is 2.35. The van der Waals surface area contributed by atoms with E-state index in [1.165, 1.54) is 12.8 Å². The zero-order valence-corrected chi connectivity index (χ0v) is 12.0. The summed E-state index contributed by atoms with van der Waals surface area (Å²) >= 11 is 0. The van der Waals surface area contributed by atoms with Crippen LogP contribution in [-0.2, 0) is 17.9 Å². The summed E-state index contributed by atoms with van der Waals surface area (Å²) in [6.45, 7) is 4.74. The number of carboxylic acid groups (broad SMARTS) is 1. The lowest BCUT2D eigenvalue weighted by Crippen LogP contribution is -2.39. The number of aliphatic carboxylic acids is 1.